The Balaban J connectivity index is 2.37. The van der Waals surface area contributed by atoms with E-state index in [0.717, 1.165) is 6.42 Å². The first-order valence-electron chi connectivity index (χ1n) is 4.18. The molecule has 0 saturated carbocycles. The average Bonchev–Trinajstić information content (AvgIpc) is 2.29. The van der Waals surface area contributed by atoms with Gasteiger partial charge >= 0.3 is 5.97 Å². The summed E-state index contributed by atoms with van der Waals surface area (Å²) in [6, 6.07) is 0. The van der Waals surface area contributed by atoms with Crippen molar-refractivity contribution in [3.8, 4) is 0 Å². The molecule has 4 heteroatoms. The third kappa shape index (κ3) is 2.19. The smallest absolute Gasteiger partial charge is 0.305 e. The number of carbonyl (C=O) groups is 1. The fourth-order valence-electron chi connectivity index (χ4n) is 1.51. The Morgan fingerprint density at radius 1 is 1.67 bits per heavy atom. The molecule has 0 amide bonds. The van der Waals surface area contributed by atoms with Gasteiger partial charge < -0.3 is 14.9 Å². The molecule has 1 aliphatic heterocycles. The molecular weight excluding hydrogens is 160 g/mol. The Morgan fingerprint density at radius 3 is 2.75 bits per heavy atom. The number of hydrogen-bond donors (Lipinski definition) is 2. The maximum Gasteiger partial charge on any atom is 0.305 e. The minimum absolute atomic E-state index is 0.00639. The monoisotopic (exact) mass is 174 g/mol. The van der Waals surface area contributed by atoms with Gasteiger partial charge in [0.2, 0.25) is 0 Å². The fourth-order valence-corrected chi connectivity index (χ4v) is 1.51. The average molecular weight is 174 g/mol. The van der Waals surface area contributed by atoms with Crippen LogP contribution < -0.4 is 0 Å². The predicted molar refractivity (Wildman–Crippen MR) is 41.8 cm³/mol. The van der Waals surface area contributed by atoms with Crippen LogP contribution in [0, 0.1) is 0 Å². The molecule has 1 fully saturated rings. The summed E-state index contributed by atoms with van der Waals surface area (Å²) in [5, 5.41) is 17.8. The lowest BCUT2D eigenvalue weighted by molar-refractivity contribution is -0.140. The highest BCUT2D eigenvalue weighted by molar-refractivity contribution is 5.67. The van der Waals surface area contributed by atoms with Gasteiger partial charge in [-0.05, 0) is 6.42 Å². The third-order valence-electron chi connectivity index (χ3n) is 2.11. The van der Waals surface area contributed by atoms with Gasteiger partial charge in [-0.3, -0.25) is 4.79 Å². The summed E-state index contributed by atoms with van der Waals surface area (Å²) in [7, 11) is 0. The molecule has 0 aliphatic carbocycles. The van der Waals surface area contributed by atoms with Crippen LogP contribution >= 0.6 is 0 Å². The van der Waals surface area contributed by atoms with Crippen LogP contribution in [0.15, 0.2) is 0 Å². The molecule has 1 saturated heterocycles. The molecule has 0 spiro atoms. The summed E-state index contributed by atoms with van der Waals surface area (Å²) in [5.41, 5.74) is 0. The van der Waals surface area contributed by atoms with Gasteiger partial charge in [-0.25, -0.2) is 0 Å². The zero-order chi connectivity index (χ0) is 9.14. The Morgan fingerprint density at radius 2 is 2.33 bits per heavy atom. The van der Waals surface area contributed by atoms with Crippen molar-refractivity contribution >= 4 is 5.97 Å². The Labute approximate surface area is 71.2 Å². The van der Waals surface area contributed by atoms with Gasteiger partial charge in [0.1, 0.15) is 0 Å². The highest BCUT2D eigenvalue weighted by Crippen LogP contribution is 2.24. The van der Waals surface area contributed by atoms with Crippen molar-refractivity contribution < 1.29 is 19.7 Å². The van der Waals surface area contributed by atoms with Gasteiger partial charge in [-0.1, -0.05) is 6.92 Å². The molecule has 1 rings (SSSR count). The molecule has 70 valence electrons. The standard InChI is InChI=1S/C8H14O4/c1-2-7-6(9)3-5(12-7)4-8(10)11/h5-7,9H,2-4H2,1H3,(H,10,11). The molecule has 0 aromatic carbocycles. The van der Waals surface area contributed by atoms with Gasteiger partial charge in [0.05, 0.1) is 24.7 Å². The number of carboxylic acid groups (broad SMARTS) is 1. The van der Waals surface area contributed by atoms with E-state index in [0.29, 0.717) is 6.42 Å². The first-order valence-corrected chi connectivity index (χ1v) is 4.18. The van der Waals surface area contributed by atoms with Crippen molar-refractivity contribution in [2.24, 2.45) is 0 Å². The zero-order valence-electron chi connectivity index (χ0n) is 7.06. The van der Waals surface area contributed by atoms with Crippen LogP contribution in [0.5, 0.6) is 0 Å². The molecule has 12 heavy (non-hydrogen) atoms. The normalized spacial score (nSPS) is 35.3. The summed E-state index contributed by atoms with van der Waals surface area (Å²) in [6.07, 6.45) is 0.214. The molecular formula is C8H14O4. The first kappa shape index (κ1) is 9.48. The van der Waals surface area contributed by atoms with E-state index in [2.05, 4.69) is 0 Å². The van der Waals surface area contributed by atoms with Gasteiger partial charge in [0.25, 0.3) is 0 Å². The van der Waals surface area contributed by atoms with Gasteiger partial charge in [0.15, 0.2) is 0 Å². The number of carboxylic acids is 1. The number of hydrogen-bond acceptors (Lipinski definition) is 3. The lowest BCUT2D eigenvalue weighted by atomic mass is 10.1. The largest absolute Gasteiger partial charge is 0.481 e. The molecule has 1 aliphatic rings. The Kier molecular flexibility index (Phi) is 3.05. The number of rotatable bonds is 3. The Hall–Kier alpha value is -0.610. The lowest BCUT2D eigenvalue weighted by Gasteiger charge is -2.10. The van der Waals surface area contributed by atoms with E-state index in [-0.39, 0.29) is 18.6 Å². The maximum absolute atomic E-state index is 10.3. The predicted octanol–water partition coefficient (Wildman–Crippen LogP) is 0.390. The van der Waals surface area contributed by atoms with Crippen LogP contribution in [-0.4, -0.2) is 34.5 Å². The van der Waals surface area contributed by atoms with Crippen LogP contribution in [0.4, 0.5) is 0 Å². The maximum atomic E-state index is 10.3. The summed E-state index contributed by atoms with van der Waals surface area (Å²) < 4.78 is 5.30. The summed E-state index contributed by atoms with van der Waals surface area (Å²) >= 11 is 0. The molecule has 3 atom stereocenters. The van der Waals surface area contributed by atoms with E-state index < -0.39 is 12.1 Å². The fraction of sp³-hybridized carbons (Fsp3) is 0.875. The molecule has 1 heterocycles. The molecule has 4 nitrogen and oxygen atoms in total. The van der Waals surface area contributed by atoms with Crippen LogP contribution in [-0.2, 0) is 9.53 Å². The Bertz CT molecular complexity index is 168. The van der Waals surface area contributed by atoms with Crippen molar-refractivity contribution in [1.82, 2.24) is 0 Å². The van der Waals surface area contributed by atoms with E-state index in [1.807, 2.05) is 6.92 Å². The van der Waals surface area contributed by atoms with Crippen molar-refractivity contribution in [2.75, 3.05) is 0 Å². The van der Waals surface area contributed by atoms with Crippen LogP contribution in [0.25, 0.3) is 0 Å². The molecule has 0 bridgehead atoms. The minimum atomic E-state index is -0.871. The van der Waals surface area contributed by atoms with Gasteiger partial charge in [0, 0.05) is 6.42 Å². The second kappa shape index (κ2) is 3.87. The van der Waals surface area contributed by atoms with Crippen LogP contribution in [0.3, 0.4) is 0 Å². The molecule has 3 unspecified atom stereocenters. The summed E-state index contributed by atoms with van der Waals surface area (Å²) in [4.78, 5) is 10.3. The third-order valence-corrected chi connectivity index (χ3v) is 2.11. The number of aliphatic carboxylic acids is 1. The van der Waals surface area contributed by atoms with E-state index in [1.165, 1.54) is 0 Å². The van der Waals surface area contributed by atoms with Crippen molar-refractivity contribution in [3.63, 3.8) is 0 Å². The van der Waals surface area contributed by atoms with Crippen LogP contribution in [0.1, 0.15) is 26.2 Å². The van der Waals surface area contributed by atoms with Crippen molar-refractivity contribution in [3.05, 3.63) is 0 Å². The highest BCUT2D eigenvalue weighted by Gasteiger charge is 2.33. The lowest BCUT2D eigenvalue weighted by Crippen LogP contribution is -2.19. The molecule has 2 N–H and O–H groups in total. The van der Waals surface area contributed by atoms with Gasteiger partial charge in [-0.2, -0.15) is 0 Å². The zero-order valence-corrected chi connectivity index (χ0v) is 7.06. The topological polar surface area (TPSA) is 66.8 Å². The van der Waals surface area contributed by atoms with Gasteiger partial charge in [-0.15, -0.1) is 0 Å². The molecule has 0 aromatic heterocycles. The molecule has 0 aromatic rings. The SMILES string of the molecule is CCC1OC(CC(=O)O)CC1O. The van der Waals surface area contributed by atoms with E-state index in [1.54, 1.807) is 0 Å². The van der Waals surface area contributed by atoms with E-state index in [9.17, 15) is 9.90 Å². The van der Waals surface area contributed by atoms with Crippen LogP contribution in [0.2, 0.25) is 0 Å². The van der Waals surface area contributed by atoms with E-state index >= 15 is 0 Å². The van der Waals surface area contributed by atoms with E-state index in [4.69, 9.17) is 9.84 Å². The van der Waals surface area contributed by atoms with Crippen molar-refractivity contribution in [2.45, 2.75) is 44.5 Å². The minimum Gasteiger partial charge on any atom is -0.481 e. The second-order valence-electron chi connectivity index (χ2n) is 3.11. The number of aliphatic hydroxyl groups excluding tert-OH is 1. The number of aliphatic hydroxyl groups is 1. The van der Waals surface area contributed by atoms with Crippen molar-refractivity contribution in [1.29, 1.82) is 0 Å². The molecule has 0 radical (unpaired) electrons. The summed E-state index contributed by atoms with van der Waals surface area (Å²) in [5.74, 6) is -0.871. The summed E-state index contributed by atoms with van der Waals surface area (Å²) in [6.45, 7) is 1.91. The first-order chi connectivity index (χ1) is 5.63. The second-order valence-corrected chi connectivity index (χ2v) is 3.11. The number of ether oxygens (including phenoxy) is 1. The highest BCUT2D eigenvalue weighted by atomic mass is 16.5. The quantitative estimate of drug-likeness (QED) is 0.649.